The summed E-state index contributed by atoms with van der Waals surface area (Å²) in [5.74, 6) is -0.788. The molecule has 46 heavy (non-hydrogen) atoms. The van der Waals surface area contributed by atoms with Gasteiger partial charge in [-0.15, -0.1) is 0 Å². The van der Waals surface area contributed by atoms with Gasteiger partial charge in [0.2, 0.25) is 5.91 Å². The SMILES string of the molecule is CC(C)(C)OC(=O)CC[C@@H](C(N)=O)N1Cc2cc(OCc3ccc(CN4CCC(NC(=O)OC(C)(C)C)CC4)cc3)ccc2C1=O. The van der Waals surface area contributed by atoms with Gasteiger partial charge in [0.15, 0.2) is 0 Å². The average Bonchev–Trinajstić information content (AvgIpc) is 3.26. The summed E-state index contributed by atoms with van der Waals surface area (Å²) in [4.78, 5) is 53.5. The zero-order valence-corrected chi connectivity index (χ0v) is 27.9. The number of nitrogens with zero attached hydrogens (tertiary/aromatic N) is 2. The standard InChI is InChI=1S/C35H48N4O7/c1-34(2,3)45-30(40)14-13-29(31(36)41)39-21-25-19-27(11-12-28(25)32(39)42)44-22-24-9-7-23(8-10-24)20-38-17-15-26(16-18-38)37-33(43)46-35(4,5)6/h7-12,19,26,29H,13-18,20-22H2,1-6H3,(H2,36,41)(H,37,43)/t29-/m0/s1. The van der Waals surface area contributed by atoms with E-state index in [1.54, 1.807) is 32.9 Å². The molecule has 4 rings (SSSR count). The number of primary amides is 1. The van der Waals surface area contributed by atoms with Crippen LogP contribution in [0.4, 0.5) is 4.79 Å². The number of carbonyl (C=O) groups excluding carboxylic acids is 4. The van der Waals surface area contributed by atoms with Crippen LogP contribution in [0.25, 0.3) is 0 Å². The maximum Gasteiger partial charge on any atom is 0.407 e. The highest BCUT2D eigenvalue weighted by Gasteiger charge is 2.36. The number of ether oxygens (including phenoxy) is 3. The molecule has 1 fully saturated rings. The normalized spacial score (nSPS) is 16.5. The van der Waals surface area contributed by atoms with Gasteiger partial charge in [0, 0.05) is 44.2 Å². The van der Waals surface area contributed by atoms with Crippen molar-refractivity contribution < 1.29 is 33.4 Å². The summed E-state index contributed by atoms with van der Waals surface area (Å²) in [6, 6.07) is 12.8. The lowest BCUT2D eigenvalue weighted by molar-refractivity contribution is -0.155. The van der Waals surface area contributed by atoms with Crippen molar-refractivity contribution in [3.8, 4) is 5.75 Å². The van der Waals surface area contributed by atoms with E-state index in [1.807, 2.05) is 39.0 Å². The summed E-state index contributed by atoms with van der Waals surface area (Å²) in [5, 5.41) is 2.98. The minimum atomic E-state index is -0.921. The van der Waals surface area contributed by atoms with Crippen LogP contribution in [-0.2, 0) is 38.8 Å². The molecule has 1 atom stereocenters. The highest BCUT2D eigenvalue weighted by molar-refractivity contribution is 6.01. The Bertz CT molecular complexity index is 1400. The molecule has 2 aromatic carbocycles. The minimum Gasteiger partial charge on any atom is -0.489 e. The fourth-order valence-corrected chi connectivity index (χ4v) is 5.64. The quantitative estimate of drug-likeness (QED) is 0.339. The van der Waals surface area contributed by atoms with Crippen LogP contribution < -0.4 is 15.8 Å². The molecule has 2 aromatic rings. The van der Waals surface area contributed by atoms with E-state index >= 15 is 0 Å². The number of rotatable bonds is 11. The average molecular weight is 637 g/mol. The van der Waals surface area contributed by atoms with Gasteiger partial charge in [0.1, 0.15) is 29.6 Å². The molecule has 2 aliphatic rings. The van der Waals surface area contributed by atoms with Crippen molar-refractivity contribution in [3.63, 3.8) is 0 Å². The van der Waals surface area contributed by atoms with Crippen LogP contribution in [0.2, 0.25) is 0 Å². The smallest absolute Gasteiger partial charge is 0.407 e. The maximum atomic E-state index is 13.1. The molecule has 2 heterocycles. The van der Waals surface area contributed by atoms with E-state index < -0.39 is 29.1 Å². The van der Waals surface area contributed by atoms with E-state index in [4.69, 9.17) is 19.9 Å². The predicted molar refractivity (Wildman–Crippen MR) is 173 cm³/mol. The lowest BCUT2D eigenvalue weighted by Crippen LogP contribution is -2.45. The molecule has 1 saturated heterocycles. The van der Waals surface area contributed by atoms with Gasteiger partial charge < -0.3 is 30.2 Å². The zero-order chi connectivity index (χ0) is 33.6. The van der Waals surface area contributed by atoms with Crippen LogP contribution in [0.1, 0.15) is 94.3 Å². The molecular weight excluding hydrogens is 588 g/mol. The first kappa shape index (κ1) is 34.7. The van der Waals surface area contributed by atoms with E-state index in [9.17, 15) is 19.2 Å². The highest BCUT2D eigenvalue weighted by atomic mass is 16.6. The summed E-state index contributed by atoms with van der Waals surface area (Å²) < 4.78 is 16.8. The molecule has 2 aliphatic heterocycles. The number of fused-ring (bicyclic) bond motifs is 1. The minimum absolute atomic E-state index is 0.0238. The van der Waals surface area contributed by atoms with Crippen LogP contribution >= 0.6 is 0 Å². The molecule has 250 valence electrons. The van der Waals surface area contributed by atoms with Gasteiger partial charge in [-0.3, -0.25) is 19.3 Å². The van der Waals surface area contributed by atoms with Crippen LogP contribution in [0.15, 0.2) is 42.5 Å². The Morgan fingerprint density at radius 3 is 2.17 bits per heavy atom. The molecule has 0 unspecified atom stereocenters. The first-order valence-corrected chi connectivity index (χ1v) is 15.9. The Labute approximate surface area is 271 Å². The van der Waals surface area contributed by atoms with Crippen molar-refractivity contribution in [2.75, 3.05) is 13.1 Å². The van der Waals surface area contributed by atoms with Gasteiger partial charge >= 0.3 is 12.1 Å². The van der Waals surface area contributed by atoms with Crippen molar-refractivity contribution in [1.29, 1.82) is 0 Å². The van der Waals surface area contributed by atoms with Crippen molar-refractivity contribution >= 4 is 23.9 Å². The number of nitrogens with two attached hydrogens (primary N) is 1. The molecule has 11 nitrogen and oxygen atoms in total. The van der Waals surface area contributed by atoms with E-state index in [-0.39, 0.29) is 37.4 Å². The molecule has 0 radical (unpaired) electrons. The van der Waals surface area contributed by atoms with Gasteiger partial charge in [0.25, 0.3) is 5.91 Å². The van der Waals surface area contributed by atoms with Crippen molar-refractivity contribution in [2.24, 2.45) is 5.73 Å². The summed E-state index contributed by atoms with van der Waals surface area (Å²) in [5.41, 5.74) is 7.94. The summed E-state index contributed by atoms with van der Waals surface area (Å²) in [6.45, 7) is 14.1. The third-order valence-corrected chi connectivity index (χ3v) is 7.80. The largest absolute Gasteiger partial charge is 0.489 e. The molecule has 0 saturated carbocycles. The van der Waals surface area contributed by atoms with Gasteiger partial charge in [0.05, 0.1) is 0 Å². The van der Waals surface area contributed by atoms with Crippen molar-refractivity contribution in [3.05, 3.63) is 64.7 Å². The fraction of sp³-hybridized carbons (Fsp3) is 0.543. The molecule has 0 bridgehead atoms. The van der Waals surface area contributed by atoms with Crippen LogP contribution in [-0.4, -0.2) is 70.1 Å². The van der Waals surface area contributed by atoms with Gasteiger partial charge in [-0.25, -0.2) is 4.79 Å². The summed E-state index contributed by atoms with van der Waals surface area (Å²) in [6.07, 6.45) is 1.47. The first-order chi connectivity index (χ1) is 21.6. The van der Waals surface area contributed by atoms with Crippen LogP contribution in [0, 0.1) is 0 Å². The number of esters is 1. The van der Waals surface area contributed by atoms with E-state index in [0.29, 0.717) is 17.9 Å². The molecule has 3 amide bonds. The number of amides is 3. The number of benzene rings is 2. The second-order valence-electron chi connectivity index (χ2n) is 14.1. The first-order valence-electron chi connectivity index (χ1n) is 15.9. The number of alkyl carbamates (subject to hydrolysis) is 1. The van der Waals surface area contributed by atoms with E-state index in [2.05, 4.69) is 22.3 Å². The number of nitrogens with one attached hydrogen (secondary N) is 1. The lowest BCUT2D eigenvalue weighted by atomic mass is 10.0. The molecule has 0 aromatic heterocycles. The van der Waals surface area contributed by atoms with E-state index in [0.717, 1.165) is 43.6 Å². The summed E-state index contributed by atoms with van der Waals surface area (Å²) >= 11 is 0. The fourth-order valence-electron chi connectivity index (χ4n) is 5.64. The third-order valence-electron chi connectivity index (χ3n) is 7.80. The van der Waals surface area contributed by atoms with Crippen molar-refractivity contribution in [2.45, 2.75) is 110 Å². The van der Waals surface area contributed by atoms with E-state index in [1.165, 1.54) is 10.5 Å². The molecule has 3 N–H and O–H groups in total. The van der Waals surface area contributed by atoms with Gasteiger partial charge in [-0.1, -0.05) is 24.3 Å². The maximum absolute atomic E-state index is 13.1. The molecule has 11 heteroatoms. The van der Waals surface area contributed by atoms with Crippen molar-refractivity contribution in [1.82, 2.24) is 15.1 Å². The Hall–Kier alpha value is -4.12. The van der Waals surface area contributed by atoms with Gasteiger partial charge in [-0.2, -0.15) is 0 Å². The Kier molecular flexibility index (Phi) is 11.0. The highest BCUT2D eigenvalue weighted by Crippen LogP contribution is 2.30. The zero-order valence-electron chi connectivity index (χ0n) is 27.9. The van der Waals surface area contributed by atoms with Crippen LogP contribution in [0.3, 0.4) is 0 Å². The number of hydrogen-bond acceptors (Lipinski definition) is 8. The number of likely N-dealkylation sites (tertiary alicyclic amines) is 1. The number of piperidine rings is 1. The number of carbonyl (C=O) groups is 4. The Balaban J connectivity index is 1.24. The monoisotopic (exact) mass is 636 g/mol. The predicted octanol–water partition coefficient (Wildman–Crippen LogP) is 4.69. The topological polar surface area (TPSA) is 140 Å². The Morgan fingerprint density at radius 2 is 1.57 bits per heavy atom. The van der Waals surface area contributed by atoms with Gasteiger partial charge in [-0.05, 0) is 95.7 Å². The van der Waals surface area contributed by atoms with Crippen LogP contribution in [0.5, 0.6) is 5.75 Å². The third kappa shape index (κ3) is 10.2. The second kappa shape index (κ2) is 14.5. The molecule has 0 aliphatic carbocycles. The lowest BCUT2D eigenvalue weighted by Gasteiger charge is -2.32. The molecule has 0 spiro atoms. The Morgan fingerprint density at radius 1 is 0.935 bits per heavy atom. The second-order valence-corrected chi connectivity index (χ2v) is 14.1. The molecular formula is C35H48N4O7. The number of hydrogen-bond donors (Lipinski definition) is 2. The summed E-state index contributed by atoms with van der Waals surface area (Å²) in [7, 11) is 0.